The van der Waals surface area contributed by atoms with Gasteiger partial charge in [-0.05, 0) is 30.7 Å². The molecule has 21 heavy (non-hydrogen) atoms. The molecule has 2 rings (SSSR count). The maximum Gasteiger partial charge on any atom is 0.354 e. The van der Waals surface area contributed by atoms with Crippen LogP contribution in [0.25, 0.3) is 6.08 Å². The molecule has 0 spiro atoms. The number of benzene rings is 1. The van der Waals surface area contributed by atoms with Gasteiger partial charge in [0.05, 0.1) is 0 Å². The van der Waals surface area contributed by atoms with E-state index in [1.165, 1.54) is 24.3 Å². The summed E-state index contributed by atoms with van der Waals surface area (Å²) >= 11 is 0. The second kappa shape index (κ2) is 6.47. The van der Waals surface area contributed by atoms with Gasteiger partial charge in [-0.15, -0.1) is 0 Å². The number of carboxylic acids is 1. The minimum atomic E-state index is -1.14. The summed E-state index contributed by atoms with van der Waals surface area (Å²) in [5.74, 6) is -1.31. The van der Waals surface area contributed by atoms with E-state index in [9.17, 15) is 9.59 Å². The molecule has 0 atom stereocenters. The van der Waals surface area contributed by atoms with Crippen LogP contribution in [0.15, 0.2) is 48.5 Å². The zero-order valence-electron chi connectivity index (χ0n) is 11.4. The SMILES string of the molecule is Cc1ccc(C=CC(=O)Nc2cccc(C(=O)O)n2)cc1. The molecule has 2 N–H and O–H groups in total. The molecule has 1 amide bonds. The quantitative estimate of drug-likeness (QED) is 0.845. The van der Waals surface area contributed by atoms with E-state index in [-0.39, 0.29) is 17.4 Å². The number of carboxylic acid groups (broad SMARTS) is 1. The molecule has 0 saturated heterocycles. The van der Waals surface area contributed by atoms with Crippen molar-refractivity contribution in [2.45, 2.75) is 6.92 Å². The van der Waals surface area contributed by atoms with Gasteiger partial charge in [-0.25, -0.2) is 9.78 Å². The number of rotatable bonds is 4. The highest BCUT2D eigenvalue weighted by Crippen LogP contribution is 2.07. The summed E-state index contributed by atoms with van der Waals surface area (Å²) in [7, 11) is 0. The molecule has 0 fully saturated rings. The maximum atomic E-state index is 11.7. The number of hydrogen-bond acceptors (Lipinski definition) is 3. The van der Waals surface area contributed by atoms with Crippen molar-refractivity contribution in [2.24, 2.45) is 0 Å². The molecule has 1 heterocycles. The number of amides is 1. The van der Waals surface area contributed by atoms with Crippen molar-refractivity contribution in [2.75, 3.05) is 5.32 Å². The van der Waals surface area contributed by atoms with Crippen LogP contribution in [0.1, 0.15) is 21.6 Å². The lowest BCUT2D eigenvalue weighted by atomic mass is 10.1. The molecular formula is C16H14N2O3. The fraction of sp³-hybridized carbons (Fsp3) is 0.0625. The Bertz CT molecular complexity index is 691. The zero-order chi connectivity index (χ0) is 15.2. The molecule has 106 valence electrons. The van der Waals surface area contributed by atoms with Crippen LogP contribution >= 0.6 is 0 Å². The molecule has 0 aliphatic rings. The number of nitrogens with zero attached hydrogens (tertiary/aromatic N) is 1. The van der Waals surface area contributed by atoms with Gasteiger partial charge in [0.25, 0.3) is 0 Å². The molecule has 0 saturated carbocycles. The van der Waals surface area contributed by atoms with Crippen molar-refractivity contribution in [3.05, 3.63) is 65.4 Å². The van der Waals surface area contributed by atoms with Crippen LogP contribution in [-0.2, 0) is 4.79 Å². The van der Waals surface area contributed by atoms with Crippen molar-refractivity contribution in [3.63, 3.8) is 0 Å². The fourth-order valence-corrected chi connectivity index (χ4v) is 1.64. The van der Waals surface area contributed by atoms with Gasteiger partial charge in [0.2, 0.25) is 5.91 Å². The monoisotopic (exact) mass is 282 g/mol. The summed E-state index contributed by atoms with van der Waals surface area (Å²) < 4.78 is 0. The Morgan fingerprint density at radius 1 is 1.14 bits per heavy atom. The molecule has 1 aromatic heterocycles. The number of anilines is 1. The third-order valence-electron chi connectivity index (χ3n) is 2.72. The Morgan fingerprint density at radius 2 is 1.86 bits per heavy atom. The van der Waals surface area contributed by atoms with Gasteiger partial charge >= 0.3 is 5.97 Å². The Balaban J connectivity index is 2.03. The highest BCUT2D eigenvalue weighted by molar-refractivity contribution is 6.01. The Labute approximate surface area is 122 Å². The molecule has 0 aliphatic carbocycles. The summed E-state index contributed by atoms with van der Waals surface area (Å²) in [4.78, 5) is 26.3. The van der Waals surface area contributed by atoms with Gasteiger partial charge in [-0.1, -0.05) is 35.9 Å². The van der Waals surface area contributed by atoms with E-state index in [0.717, 1.165) is 11.1 Å². The molecule has 2 aromatic rings. The number of aryl methyl sites for hydroxylation is 1. The van der Waals surface area contributed by atoms with Crippen LogP contribution in [0, 0.1) is 6.92 Å². The first kappa shape index (κ1) is 14.5. The number of pyridine rings is 1. The largest absolute Gasteiger partial charge is 0.477 e. The molecule has 0 bridgehead atoms. The van der Waals surface area contributed by atoms with Gasteiger partial charge < -0.3 is 10.4 Å². The van der Waals surface area contributed by atoms with Gasteiger partial charge in [-0.3, -0.25) is 4.79 Å². The average molecular weight is 282 g/mol. The summed E-state index contributed by atoms with van der Waals surface area (Å²) in [6.07, 6.45) is 3.05. The highest BCUT2D eigenvalue weighted by atomic mass is 16.4. The van der Waals surface area contributed by atoms with Crippen LogP contribution in [0.3, 0.4) is 0 Å². The van der Waals surface area contributed by atoms with Crippen LogP contribution < -0.4 is 5.32 Å². The second-order valence-corrected chi connectivity index (χ2v) is 4.45. The lowest BCUT2D eigenvalue weighted by Crippen LogP contribution is -2.11. The first-order valence-corrected chi connectivity index (χ1v) is 6.31. The average Bonchev–Trinajstić information content (AvgIpc) is 2.47. The molecule has 1 aromatic carbocycles. The van der Waals surface area contributed by atoms with Crippen molar-refractivity contribution in [1.82, 2.24) is 4.98 Å². The smallest absolute Gasteiger partial charge is 0.354 e. The number of carbonyl (C=O) groups excluding carboxylic acids is 1. The fourth-order valence-electron chi connectivity index (χ4n) is 1.64. The molecule has 0 radical (unpaired) electrons. The van der Waals surface area contributed by atoms with Crippen molar-refractivity contribution in [3.8, 4) is 0 Å². The molecule has 0 unspecified atom stereocenters. The first-order chi connectivity index (χ1) is 10.0. The van der Waals surface area contributed by atoms with Crippen molar-refractivity contribution >= 4 is 23.8 Å². The number of hydrogen-bond donors (Lipinski definition) is 2. The predicted octanol–water partition coefficient (Wildman–Crippen LogP) is 2.74. The molecule has 0 aliphatic heterocycles. The number of aromatic nitrogens is 1. The lowest BCUT2D eigenvalue weighted by Gasteiger charge is -2.02. The standard InChI is InChI=1S/C16H14N2O3/c1-11-5-7-12(8-6-11)9-10-15(19)18-14-4-2-3-13(17-14)16(20)21/h2-10H,1H3,(H,20,21)(H,17,18,19). The van der Waals surface area contributed by atoms with E-state index < -0.39 is 5.97 Å². The summed E-state index contributed by atoms with van der Waals surface area (Å²) in [5.41, 5.74) is 1.93. The second-order valence-electron chi connectivity index (χ2n) is 4.45. The van der Waals surface area contributed by atoms with E-state index in [2.05, 4.69) is 10.3 Å². The molecule has 5 heteroatoms. The minimum absolute atomic E-state index is 0.115. The van der Waals surface area contributed by atoms with Gasteiger partial charge in [0.15, 0.2) is 5.69 Å². The van der Waals surface area contributed by atoms with E-state index in [0.29, 0.717) is 0 Å². The Hall–Kier alpha value is -2.95. The number of nitrogens with one attached hydrogen (secondary N) is 1. The molecular weight excluding hydrogens is 268 g/mol. The zero-order valence-corrected chi connectivity index (χ0v) is 11.4. The van der Waals surface area contributed by atoms with E-state index in [1.807, 2.05) is 31.2 Å². The van der Waals surface area contributed by atoms with Crippen LogP contribution in [0.2, 0.25) is 0 Å². The number of carbonyl (C=O) groups is 2. The lowest BCUT2D eigenvalue weighted by molar-refractivity contribution is -0.111. The van der Waals surface area contributed by atoms with Crippen LogP contribution in [0.4, 0.5) is 5.82 Å². The summed E-state index contributed by atoms with van der Waals surface area (Å²) in [6, 6.07) is 12.1. The van der Waals surface area contributed by atoms with E-state index in [4.69, 9.17) is 5.11 Å². The van der Waals surface area contributed by atoms with E-state index >= 15 is 0 Å². The third-order valence-corrected chi connectivity index (χ3v) is 2.72. The minimum Gasteiger partial charge on any atom is -0.477 e. The summed E-state index contributed by atoms with van der Waals surface area (Å²) in [5, 5.41) is 11.3. The Kier molecular flexibility index (Phi) is 4.46. The van der Waals surface area contributed by atoms with Crippen molar-refractivity contribution < 1.29 is 14.7 Å². The van der Waals surface area contributed by atoms with E-state index in [1.54, 1.807) is 6.08 Å². The number of aromatic carboxylic acids is 1. The van der Waals surface area contributed by atoms with Gasteiger partial charge in [0, 0.05) is 6.08 Å². The summed E-state index contributed by atoms with van der Waals surface area (Å²) in [6.45, 7) is 1.99. The normalized spacial score (nSPS) is 10.5. The third kappa shape index (κ3) is 4.28. The predicted molar refractivity (Wildman–Crippen MR) is 80.0 cm³/mol. The van der Waals surface area contributed by atoms with Gasteiger partial charge in [-0.2, -0.15) is 0 Å². The Morgan fingerprint density at radius 3 is 2.52 bits per heavy atom. The topological polar surface area (TPSA) is 79.3 Å². The van der Waals surface area contributed by atoms with Crippen molar-refractivity contribution in [1.29, 1.82) is 0 Å². The highest BCUT2D eigenvalue weighted by Gasteiger charge is 2.06. The van der Waals surface area contributed by atoms with Gasteiger partial charge in [0.1, 0.15) is 5.82 Å². The molecule has 5 nitrogen and oxygen atoms in total. The van der Waals surface area contributed by atoms with Crippen LogP contribution in [0.5, 0.6) is 0 Å². The van der Waals surface area contributed by atoms with Crippen LogP contribution in [-0.4, -0.2) is 22.0 Å². The maximum absolute atomic E-state index is 11.7. The first-order valence-electron chi connectivity index (χ1n) is 6.31.